The molecule has 2 nitrogen and oxygen atoms in total. The average molecular weight is 269 g/mol. The molecular formula is C2H6O2Pb. The predicted molar refractivity (Wildman–Crippen MR) is 20.3 cm³/mol. The van der Waals surface area contributed by atoms with Crippen LogP contribution in [-0.4, -0.2) is 33.5 Å². The van der Waals surface area contributed by atoms with E-state index in [9.17, 15) is 0 Å². The molecule has 3 heteroatoms. The summed E-state index contributed by atoms with van der Waals surface area (Å²) in [4.78, 5) is 16.2. The molecule has 0 aliphatic rings. The van der Waals surface area contributed by atoms with Crippen molar-refractivity contribution in [3.63, 3.8) is 0 Å². The van der Waals surface area contributed by atoms with E-state index in [2.05, 4.69) is 0 Å². The summed E-state index contributed by atoms with van der Waals surface area (Å²) in [7, 11) is 0. The molecule has 0 aromatic rings. The van der Waals surface area contributed by atoms with Crippen molar-refractivity contribution in [2.75, 3.05) is 0 Å². The van der Waals surface area contributed by atoms with E-state index >= 15 is 0 Å². The predicted octanol–water partition coefficient (Wildman–Crippen LogP) is -0.864. The molecular weight excluding hydrogens is 263 g/mol. The third-order valence-electron chi connectivity index (χ3n) is 0. The van der Waals surface area contributed by atoms with Gasteiger partial charge in [-0.15, -0.1) is 0 Å². The van der Waals surface area contributed by atoms with Gasteiger partial charge in [-0.2, -0.15) is 9.59 Å². The van der Waals surface area contributed by atoms with Gasteiger partial charge in [0.25, 0.3) is 0 Å². The minimum absolute atomic E-state index is 0. The van der Waals surface area contributed by atoms with Crippen molar-refractivity contribution in [2.24, 2.45) is 0 Å². The molecule has 0 aliphatic carbocycles. The second-order valence-electron chi connectivity index (χ2n) is 0.0833. The SMILES string of the molecule is C.O=C=O.[PbH2]. The molecule has 0 saturated heterocycles. The summed E-state index contributed by atoms with van der Waals surface area (Å²) < 4.78 is 0. The topological polar surface area (TPSA) is 34.1 Å². The maximum absolute atomic E-state index is 8.12. The Morgan fingerprint density at radius 1 is 1.20 bits per heavy atom. The van der Waals surface area contributed by atoms with E-state index in [1.165, 1.54) is 0 Å². The van der Waals surface area contributed by atoms with Gasteiger partial charge in [0, 0.05) is 0 Å². The Balaban J connectivity index is -0.0000000200. The average Bonchev–Trinajstić information content (AvgIpc) is 0.918. The third kappa shape index (κ3) is 250. The van der Waals surface area contributed by atoms with Gasteiger partial charge in [-0.3, -0.25) is 0 Å². The van der Waals surface area contributed by atoms with Crippen LogP contribution < -0.4 is 0 Å². The normalized spacial score (nSPS) is 1.60. The van der Waals surface area contributed by atoms with Crippen molar-refractivity contribution in [2.45, 2.75) is 7.43 Å². The first-order chi connectivity index (χ1) is 1.41. The Hall–Kier alpha value is 0.302. The molecule has 30 valence electrons. The first-order valence-electron chi connectivity index (χ1n) is 0.408. The molecule has 0 aliphatic heterocycles. The van der Waals surface area contributed by atoms with Gasteiger partial charge >= 0.3 is 33.5 Å². The van der Waals surface area contributed by atoms with Crippen LogP contribution in [0.25, 0.3) is 0 Å². The number of carbonyl (C=O) groups excluding carboxylic acids is 2. The summed E-state index contributed by atoms with van der Waals surface area (Å²) in [6, 6.07) is 0. The van der Waals surface area contributed by atoms with Crippen LogP contribution in [0.1, 0.15) is 7.43 Å². The first-order valence-corrected chi connectivity index (χ1v) is 0.408. The van der Waals surface area contributed by atoms with Crippen LogP contribution >= 0.6 is 0 Å². The van der Waals surface area contributed by atoms with Crippen molar-refractivity contribution in [3.8, 4) is 0 Å². The number of hydrogen-bond acceptors (Lipinski definition) is 2. The van der Waals surface area contributed by atoms with Crippen LogP contribution in [-0.2, 0) is 9.59 Å². The van der Waals surface area contributed by atoms with Gasteiger partial charge in [-0.05, 0) is 0 Å². The van der Waals surface area contributed by atoms with Crippen LogP contribution in [0.3, 0.4) is 0 Å². The Bertz CT molecular complexity index is 28.6. The summed E-state index contributed by atoms with van der Waals surface area (Å²) in [6.45, 7) is 0. The fourth-order valence-electron chi connectivity index (χ4n) is 0. The molecule has 0 aromatic carbocycles. The third-order valence-corrected chi connectivity index (χ3v) is 0. The van der Waals surface area contributed by atoms with Gasteiger partial charge in [0.2, 0.25) is 0 Å². The van der Waals surface area contributed by atoms with Crippen LogP contribution in [0, 0.1) is 0 Å². The summed E-state index contributed by atoms with van der Waals surface area (Å²) >= 11 is 0. The number of hydrogen-bond donors (Lipinski definition) is 0. The Kier molecular flexibility index (Phi) is 102. The minimum atomic E-state index is 0. The van der Waals surface area contributed by atoms with E-state index in [0.29, 0.717) is 0 Å². The molecule has 0 heterocycles. The molecule has 0 aromatic heterocycles. The zero-order valence-corrected chi connectivity index (χ0v) is 7.52. The molecule has 0 bridgehead atoms. The van der Waals surface area contributed by atoms with E-state index in [-0.39, 0.29) is 40.9 Å². The molecule has 0 rings (SSSR count). The number of rotatable bonds is 0. The van der Waals surface area contributed by atoms with Gasteiger partial charge in [-0.25, -0.2) is 0 Å². The van der Waals surface area contributed by atoms with E-state index in [4.69, 9.17) is 9.59 Å². The molecule has 0 saturated carbocycles. The van der Waals surface area contributed by atoms with Crippen LogP contribution in [0.2, 0.25) is 0 Å². The molecule has 0 N–H and O–H groups in total. The fraction of sp³-hybridized carbons (Fsp3) is 0.500. The van der Waals surface area contributed by atoms with E-state index in [1.54, 1.807) is 0 Å². The first kappa shape index (κ1) is 18.5. The quantitative estimate of drug-likeness (QED) is 0.536. The van der Waals surface area contributed by atoms with Crippen LogP contribution in [0.15, 0.2) is 0 Å². The summed E-state index contributed by atoms with van der Waals surface area (Å²) in [6.07, 6.45) is 0.250. The van der Waals surface area contributed by atoms with Crippen LogP contribution in [0.5, 0.6) is 0 Å². The molecule has 2 radical (unpaired) electrons. The second-order valence-corrected chi connectivity index (χ2v) is 0.0833. The maximum atomic E-state index is 8.12. The Labute approximate surface area is 50.7 Å². The Morgan fingerprint density at radius 3 is 1.20 bits per heavy atom. The van der Waals surface area contributed by atoms with Gasteiger partial charge in [-0.1, -0.05) is 7.43 Å². The molecule has 0 spiro atoms. The van der Waals surface area contributed by atoms with Gasteiger partial charge in [0.15, 0.2) is 0 Å². The molecule has 5 heavy (non-hydrogen) atoms. The van der Waals surface area contributed by atoms with Crippen molar-refractivity contribution < 1.29 is 9.59 Å². The summed E-state index contributed by atoms with van der Waals surface area (Å²) in [5, 5.41) is 0. The molecule has 0 amide bonds. The van der Waals surface area contributed by atoms with E-state index < -0.39 is 0 Å². The zero-order valence-electron chi connectivity index (χ0n) is 2.02. The molecule has 0 atom stereocenters. The second kappa shape index (κ2) is 27.7. The van der Waals surface area contributed by atoms with Gasteiger partial charge in [0.05, 0.1) is 0 Å². The standard InChI is InChI=1S/CO2.CH4.Pb.2H/c2-1-3;;;;/h;1H4;;;. The van der Waals surface area contributed by atoms with Crippen molar-refractivity contribution in [1.29, 1.82) is 0 Å². The zero-order chi connectivity index (χ0) is 2.71. The van der Waals surface area contributed by atoms with Crippen LogP contribution in [0.4, 0.5) is 0 Å². The monoisotopic (exact) mass is 270 g/mol. The summed E-state index contributed by atoms with van der Waals surface area (Å²) in [5.41, 5.74) is 0. The Morgan fingerprint density at radius 2 is 1.20 bits per heavy atom. The van der Waals surface area contributed by atoms with Gasteiger partial charge in [0.1, 0.15) is 0 Å². The fourth-order valence-corrected chi connectivity index (χ4v) is 0. The van der Waals surface area contributed by atoms with Crippen molar-refractivity contribution in [1.82, 2.24) is 0 Å². The van der Waals surface area contributed by atoms with Crippen molar-refractivity contribution in [3.05, 3.63) is 0 Å². The summed E-state index contributed by atoms with van der Waals surface area (Å²) in [5.74, 6) is 0. The van der Waals surface area contributed by atoms with Crippen molar-refractivity contribution >= 4 is 33.5 Å². The van der Waals surface area contributed by atoms with Gasteiger partial charge < -0.3 is 0 Å². The van der Waals surface area contributed by atoms with E-state index in [0.717, 1.165) is 0 Å². The van der Waals surface area contributed by atoms with E-state index in [1.807, 2.05) is 0 Å². The molecule has 0 fully saturated rings. The molecule has 0 unspecified atom stereocenters.